The van der Waals surface area contributed by atoms with Crippen molar-refractivity contribution >= 4 is 7.69 Å². The number of hydrogen-bond acceptors (Lipinski definition) is 2. The van der Waals surface area contributed by atoms with E-state index >= 15 is 0 Å². The van der Waals surface area contributed by atoms with Gasteiger partial charge >= 0.3 is 7.69 Å². The Kier molecular flexibility index (Phi) is 5.57. The van der Waals surface area contributed by atoms with Gasteiger partial charge in [-0.15, -0.1) is 0 Å². The molecule has 4 rings (SSSR count). The van der Waals surface area contributed by atoms with Crippen LogP contribution in [0.25, 0.3) is 22.3 Å². The summed E-state index contributed by atoms with van der Waals surface area (Å²) in [6.45, 7) is 0. The first-order valence-electron chi connectivity index (χ1n) is 9.06. The summed E-state index contributed by atoms with van der Waals surface area (Å²) in [7, 11) is 1.05. The average Bonchev–Trinajstić information content (AvgIpc) is 2.75. The van der Waals surface area contributed by atoms with Gasteiger partial charge in [0.2, 0.25) is 0 Å². The van der Waals surface area contributed by atoms with Crippen LogP contribution in [0.5, 0.6) is 11.5 Å². The van der Waals surface area contributed by atoms with Crippen molar-refractivity contribution in [2.45, 2.75) is 0 Å². The molecule has 0 amide bonds. The second-order valence-corrected chi connectivity index (χ2v) is 6.35. The molecule has 0 bridgehead atoms. The third kappa shape index (κ3) is 4.46. The molecule has 0 spiro atoms. The van der Waals surface area contributed by atoms with Crippen LogP contribution in [0.3, 0.4) is 0 Å². The Morgan fingerprint density at radius 1 is 0.517 bits per heavy atom. The lowest BCUT2D eigenvalue weighted by molar-refractivity contribution is 0.454. The summed E-state index contributed by atoms with van der Waals surface area (Å²) in [4.78, 5) is 0. The summed E-state index contributed by atoms with van der Waals surface area (Å²) >= 11 is 0. The molecule has 5 heteroatoms. The zero-order valence-electron chi connectivity index (χ0n) is 15.4. The van der Waals surface area contributed by atoms with E-state index in [9.17, 15) is 8.78 Å². The number of benzene rings is 4. The van der Waals surface area contributed by atoms with Gasteiger partial charge in [0.05, 0.1) is 0 Å². The Morgan fingerprint density at radius 2 is 0.931 bits per heavy atom. The molecule has 0 saturated carbocycles. The van der Waals surface area contributed by atoms with Gasteiger partial charge in [-0.2, -0.15) is 0 Å². The van der Waals surface area contributed by atoms with E-state index in [1.165, 1.54) is 12.1 Å². The molecule has 141 valence electrons. The van der Waals surface area contributed by atoms with E-state index in [1.807, 2.05) is 60.7 Å². The van der Waals surface area contributed by atoms with Crippen LogP contribution in [0.2, 0.25) is 0 Å². The van der Waals surface area contributed by atoms with Crippen molar-refractivity contribution in [2.75, 3.05) is 0 Å². The van der Waals surface area contributed by atoms with E-state index in [4.69, 9.17) is 9.31 Å². The van der Waals surface area contributed by atoms with Crippen molar-refractivity contribution in [3.05, 3.63) is 109 Å². The molecule has 4 aromatic carbocycles. The van der Waals surface area contributed by atoms with Crippen molar-refractivity contribution in [2.24, 2.45) is 0 Å². The monoisotopic (exact) mass is 385 g/mol. The third-order valence-corrected chi connectivity index (χ3v) is 4.42. The summed E-state index contributed by atoms with van der Waals surface area (Å²) in [6.07, 6.45) is 0. The second kappa shape index (κ2) is 8.61. The number of rotatable bonds is 6. The Labute approximate surface area is 168 Å². The van der Waals surface area contributed by atoms with Crippen LogP contribution in [-0.4, -0.2) is 7.69 Å². The highest BCUT2D eigenvalue weighted by atomic mass is 19.1. The van der Waals surface area contributed by atoms with Crippen LogP contribution in [-0.2, 0) is 0 Å². The second-order valence-electron chi connectivity index (χ2n) is 6.35. The molecule has 0 fully saturated rings. The molecule has 0 N–H and O–H groups in total. The largest absolute Gasteiger partial charge is 0.658 e. The van der Waals surface area contributed by atoms with E-state index in [2.05, 4.69) is 0 Å². The highest BCUT2D eigenvalue weighted by Gasteiger charge is 2.10. The molecule has 0 aliphatic heterocycles. The SMILES string of the molecule is Fc1cc(O[B]Oc2ccc(-c3ccccc3)c(F)c2)ccc1-c1ccccc1. The Hall–Kier alpha value is -3.60. The molecule has 2 nitrogen and oxygen atoms in total. The Balaban J connectivity index is 1.39. The van der Waals surface area contributed by atoms with E-state index in [-0.39, 0.29) is 11.5 Å². The third-order valence-electron chi connectivity index (χ3n) is 4.42. The fourth-order valence-electron chi connectivity index (χ4n) is 2.98. The maximum atomic E-state index is 14.4. The molecule has 0 atom stereocenters. The Morgan fingerprint density at radius 3 is 1.31 bits per heavy atom. The van der Waals surface area contributed by atoms with Gasteiger partial charge in [-0.05, 0) is 35.4 Å². The molecule has 4 aromatic rings. The zero-order valence-corrected chi connectivity index (χ0v) is 15.4. The van der Waals surface area contributed by atoms with E-state index in [1.54, 1.807) is 24.3 Å². The van der Waals surface area contributed by atoms with Crippen molar-refractivity contribution < 1.29 is 18.1 Å². The molecule has 0 aromatic heterocycles. The van der Waals surface area contributed by atoms with Gasteiger partial charge in [0.1, 0.15) is 23.1 Å². The number of halogens is 2. The molecule has 0 unspecified atom stereocenters. The predicted molar refractivity (Wildman–Crippen MR) is 111 cm³/mol. The lowest BCUT2D eigenvalue weighted by Gasteiger charge is -2.10. The first-order chi connectivity index (χ1) is 14.2. The van der Waals surface area contributed by atoms with Gasteiger partial charge in [0.15, 0.2) is 0 Å². The van der Waals surface area contributed by atoms with Crippen molar-refractivity contribution in [1.82, 2.24) is 0 Å². The normalized spacial score (nSPS) is 10.4. The van der Waals surface area contributed by atoms with Gasteiger partial charge in [-0.25, -0.2) is 8.78 Å². The molecule has 29 heavy (non-hydrogen) atoms. The molecule has 0 aliphatic carbocycles. The fourth-order valence-corrected chi connectivity index (χ4v) is 2.98. The van der Waals surface area contributed by atoms with Gasteiger partial charge in [-0.3, -0.25) is 0 Å². The summed E-state index contributed by atoms with van der Waals surface area (Å²) in [6, 6.07) is 27.6. The highest BCUT2D eigenvalue weighted by Crippen LogP contribution is 2.27. The van der Waals surface area contributed by atoms with Gasteiger partial charge in [0.25, 0.3) is 0 Å². The minimum Gasteiger partial charge on any atom is -0.526 e. The summed E-state index contributed by atoms with van der Waals surface area (Å²) in [5.74, 6) is -0.243. The van der Waals surface area contributed by atoms with Crippen LogP contribution >= 0.6 is 0 Å². The minimum atomic E-state index is -0.402. The van der Waals surface area contributed by atoms with Crippen molar-refractivity contribution in [1.29, 1.82) is 0 Å². The van der Waals surface area contributed by atoms with Gasteiger partial charge < -0.3 is 9.31 Å². The smallest absolute Gasteiger partial charge is 0.526 e. The average molecular weight is 385 g/mol. The summed E-state index contributed by atoms with van der Waals surface area (Å²) < 4.78 is 39.4. The van der Waals surface area contributed by atoms with Crippen LogP contribution in [0.4, 0.5) is 8.78 Å². The van der Waals surface area contributed by atoms with E-state index in [0.717, 1.165) is 18.8 Å². The lowest BCUT2D eigenvalue weighted by Crippen LogP contribution is -2.11. The molecular formula is C24H16BF2O2. The van der Waals surface area contributed by atoms with Crippen LogP contribution in [0.1, 0.15) is 0 Å². The molecule has 0 aliphatic rings. The Bertz CT molecular complexity index is 1010. The molecule has 0 saturated heterocycles. The van der Waals surface area contributed by atoms with Crippen LogP contribution < -0.4 is 9.31 Å². The van der Waals surface area contributed by atoms with Crippen molar-refractivity contribution in [3.63, 3.8) is 0 Å². The van der Waals surface area contributed by atoms with Gasteiger partial charge in [0, 0.05) is 23.3 Å². The summed E-state index contributed by atoms with van der Waals surface area (Å²) in [5.41, 5.74) is 2.53. The standard InChI is InChI=1S/C24H16BF2O2/c26-23-15-19(11-13-21(23)17-7-3-1-4-8-17)28-25-29-20-12-14-22(24(27)16-20)18-9-5-2-6-10-18/h1-16H. The fraction of sp³-hybridized carbons (Fsp3) is 0. The quantitative estimate of drug-likeness (QED) is 0.363. The predicted octanol–water partition coefficient (Wildman–Crippen LogP) is 6.29. The first kappa shape index (κ1) is 18.8. The molecule has 0 heterocycles. The maximum Gasteiger partial charge on any atom is 0.658 e. The van der Waals surface area contributed by atoms with E-state index in [0.29, 0.717) is 11.1 Å². The highest BCUT2D eigenvalue weighted by molar-refractivity contribution is 6.20. The van der Waals surface area contributed by atoms with Crippen LogP contribution in [0, 0.1) is 11.6 Å². The summed E-state index contributed by atoms with van der Waals surface area (Å²) in [5, 5.41) is 0. The minimum absolute atomic E-state index is 0.281. The first-order valence-corrected chi connectivity index (χ1v) is 9.06. The molecule has 1 radical (unpaired) electrons. The molecular weight excluding hydrogens is 369 g/mol. The van der Waals surface area contributed by atoms with Crippen molar-refractivity contribution in [3.8, 4) is 33.8 Å². The zero-order chi connectivity index (χ0) is 20.1. The maximum absolute atomic E-state index is 14.4. The van der Waals surface area contributed by atoms with Gasteiger partial charge in [-0.1, -0.05) is 60.7 Å². The van der Waals surface area contributed by atoms with E-state index < -0.39 is 11.6 Å². The number of hydrogen-bond donors (Lipinski definition) is 0. The topological polar surface area (TPSA) is 18.5 Å². The lowest BCUT2D eigenvalue weighted by atomic mass is 10.0. The van der Waals surface area contributed by atoms with Crippen LogP contribution in [0.15, 0.2) is 97.1 Å².